The molecular weight excluding hydrogens is 381 g/mol. The largest absolute Gasteiger partial charge is 0.508 e. The van der Waals surface area contributed by atoms with Crippen molar-refractivity contribution in [1.82, 2.24) is 20.6 Å². The zero-order chi connectivity index (χ0) is 19.9. The van der Waals surface area contributed by atoms with Gasteiger partial charge in [0.15, 0.2) is 0 Å². The Morgan fingerprint density at radius 2 is 1.86 bits per heavy atom. The van der Waals surface area contributed by atoms with Gasteiger partial charge in [-0.1, -0.05) is 0 Å². The third-order valence-electron chi connectivity index (χ3n) is 3.77. The number of rotatable bonds is 3. The quantitative estimate of drug-likeness (QED) is 0.550. The first-order valence-corrected chi connectivity index (χ1v) is 7.72. The number of phenolic OH excluding ortho intramolecular Hbond substituents is 1. The summed E-state index contributed by atoms with van der Waals surface area (Å²) in [5.74, 6) is -2.68. The van der Waals surface area contributed by atoms with E-state index in [9.17, 15) is 23.1 Å². The summed E-state index contributed by atoms with van der Waals surface area (Å²) in [6.45, 7) is 0. The van der Waals surface area contributed by atoms with E-state index in [0.29, 0.717) is 5.56 Å². The first kappa shape index (κ1) is 17.5. The van der Waals surface area contributed by atoms with Gasteiger partial charge in [0.2, 0.25) is 17.0 Å². The van der Waals surface area contributed by atoms with Crippen molar-refractivity contribution in [3.8, 4) is 28.6 Å². The summed E-state index contributed by atoms with van der Waals surface area (Å²) in [5, 5.41) is 22.5. The van der Waals surface area contributed by atoms with Crippen molar-refractivity contribution in [2.45, 2.75) is 6.18 Å². The highest BCUT2D eigenvalue weighted by atomic mass is 19.4. The fourth-order valence-corrected chi connectivity index (χ4v) is 2.52. The average molecular weight is 390 g/mol. The second-order valence-corrected chi connectivity index (χ2v) is 5.63. The Balaban J connectivity index is 1.80. The molecule has 4 aromatic rings. The number of nitrogens with one attached hydrogen (secondary N) is 1. The second-order valence-electron chi connectivity index (χ2n) is 5.63. The Morgan fingerprint density at radius 3 is 2.50 bits per heavy atom. The van der Waals surface area contributed by atoms with Crippen molar-refractivity contribution in [1.29, 1.82) is 0 Å². The molecule has 2 N–H and O–H groups in total. The zero-order valence-electron chi connectivity index (χ0n) is 13.7. The number of H-pyrrole nitrogens is 1. The number of aromatic hydroxyl groups is 1. The standard InChI is InChI=1S/C17H9F3N4O4/c18-17(19,20)15-14(13(26)11-6-3-9(25)7-12(11)28-15)27-10-4-1-8(2-5-10)16-21-23-24-22-16/h1-7,25H,(H,21,22,23,24). The lowest BCUT2D eigenvalue weighted by molar-refractivity contribution is -0.154. The van der Waals surface area contributed by atoms with Crippen LogP contribution in [0.1, 0.15) is 5.76 Å². The molecule has 11 heteroatoms. The van der Waals surface area contributed by atoms with Crippen molar-refractivity contribution in [3.63, 3.8) is 0 Å². The smallest absolute Gasteiger partial charge is 0.453 e. The summed E-state index contributed by atoms with van der Waals surface area (Å²) in [6.07, 6.45) is -4.99. The maximum absolute atomic E-state index is 13.4. The van der Waals surface area contributed by atoms with E-state index in [1.165, 1.54) is 24.3 Å². The van der Waals surface area contributed by atoms with Crippen LogP contribution in [0.5, 0.6) is 17.2 Å². The molecule has 0 aliphatic rings. The summed E-state index contributed by atoms with van der Waals surface area (Å²) in [6, 6.07) is 8.94. The van der Waals surface area contributed by atoms with Gasteiger partial charge in [0.05, 0.1) is 5.39 Å². The number of ether oxygens (including phenoxy) is 1. The highest BCUT2D eigenvalue weighted by molar-refractivity contribution is 5.79. The molecule has 4 rings (SSSR count). The zero-order valence-corrected chi connectivity index (χ0v) is 13.7. The first-order valence-electron chi connectivity index (χ1n) is 7.72. The van der Waals surface area contributed by atoms with Crippen molar-refractivity contribution < 1.29 is 27.4 Å². The van der Waals surface area contributed by atoms with Crippen molar-refractivity contribution >= 4 is 11.0 Å². The summed E-state index contributed by atoms with van der Waals surface area (Å²) in [5.41, 5.74) is -0.883. The third-order valence-corrected chi connectivity index (χ3v) is 3.77. The summed E-state index contributed by atoms with van der Waals surface area (Å²) in [4.78, 5) is 12.6. The molecule has 0 spiro atoms. The minimum atomic E-state index is -4.99. The Morgan fingerprint density at radius 1 is 1.11 bits per heavy atom. The molecule has 0 aliphatic carbocycles. The van der Waals surface area contributed by atoms with Gasteiger partial charge in [-0.25, -0.2) is 0 Å². The predicted octanol–water partition coefficient (Wildman–Crippen LogP) is 3.49. The van der Waals surface area contributed by atoms with Crippen LogP contribution in [0.2, 0.25) is 0 Å². The summed E-state index contributed by atoms with van der Waals surface area (Å²) < 4.78 is 50.3. The third kappa shape index (κ3) is 3.13. The van der Waals surface area contributed by atoms with Crippen molar-refractivity contribution in [2.75, 3.05) is 0 Å². The Bertz CT molecular complexity index is 1200. The van der Waals surface area contributed by atoms with E-state index in [2.05, 4.69) is 20.6 Å². The normalized spacial score (nSPS) is 11.7. The summed E-state index contributed by atoms with van der Waals surface area (Å²) >= 11 is 0. The molecule has 0 radical (unpaired) electrons. The Hall–Kier alpha value is -3.89. The maximum atomic E-state index is 13.4. The first-order chi connectivity index (χ1) is 13.3. The molecule has 8 nitrogen and oxygen atoms in total. The predicted molar refractivity (Wildman–Crippen MR) is 88.8 cm³/mol. The van der Waals surface area contributed by atoms with Gasteiger partial charge >= 0.3 is 6.18 Å². The molecule has 0 amide bonds. The number of hydrogen-bond donors (Lipinski definition) is 2. The molecule has 28 heavy (non-hydrogen) atoms. The fraction of sp³-hybridized carbons (Fsp3) is 0.0588. The molecule has 142 valence electrons. The van der Waals surface area contributed by atoms with E-state index in [4.69, 9.17) is 9.15 Å². The number of aromatic nitrogens is 4. The molecule has 0 bridgehead atoms. The molecule has 0 atom stereocenters. The van der Waals surface area contributed by atoms with Crippen LogP contribution >= 0.6 is 0 Å². The van der Waals surface area contributed by atoms with Crippen LogP contribution in [-0.2, 0) is 6.18 Å². The number of halogens is 3. The van der Waals surface area contributed by atoms with Crippen LogP contribution in [0, 0.1) is 0 Å². The van der Waals surface area contributed by atoms with Crippen LogP contribution in [0.4, 0.5) is 13.2 Å². The van der Waals surface area contributed by atoms with E-state index in [1.54, 1.807) is 0 Å². The summed E-state index contributed by atoms with van der Waals surface area (Å²) in [7, 11) is 0. The van der Waals surface area contributed by atoms with Crippen molar-refractivity contribution in [2.24, 2.45) is 0 Å². The van der Waals surface area contributed by atoms with E-state index in [0.717, 1.165) is 18.2 Å². The lowest BCUT2D eigenvalue weighted by atomic mass is 10.2. The van der Waals surface area contributed by atoms with Crippen LogP contribution < -0.4 is 10.2 Å². The van der Waals surface area contributed by atoms with Gasteiger partial charge in [0.1, 0.15) is 17.1 Å². The number of tetrazole rings is 1. The molecule has 0 unspecified atom stereocenters. The lowest BCUT2D eigenvalue weighted by Gasteiger charge is -2.13. The van der Waals surface area contributed by atoms with Crippen molar-refractivity contribution in [3.05, 3.63) is 58.4 Å². The van der Waals surface area contributed by atoms with E-state index in [-0.39, 0.29) is 22.7 Å². The van der Waals surface area contributed by atoms with E-state index >= 15 is 0 Å². The molecular formula is C17H9F3N4O4. The van der Waals surface area contributed by atoms with Gasteiger partial charge in [-0.05, 0) is 41.6 Å². The van der Waals surface area contributed by atoms with Crippen LogP contribution in [0.15, 0.2) is 51.7 Å². The molecule has 0 fully saturated rings. The number of phenols is 1. The number of fused-ring (bicyclic) bond motifs is 1. The number of nitrogens with zero attached hydrogens (tertiary/aromatic N) is 3. The number of benzene rings is 2. The molecule has 0 saturated carbocycles. The van der Waals surface area contributed by atoms with Crippen LogP contribution in [0.3, 0.4) is 0 Å². The topological polar surface area (TPSA) is 114 Å². The van der Waals surface area contributed by atoms with Gasteiger partial charge in [-0.2, -0.15) is 18.4 Å². The van der Waals surface area contributed by atoms with Crippen LogP contribution in [0.25, 0.3) is 22.4 Å². The number of alkyl halides is 3. The number of hydrogen-bond acceptors (Lipinski definition) is 7. The molecule has 0 aliphatic heterocycles. The van der Waals surface area contributed by atoms with Gasteiger partial charge in [0.25, 0.3) is 5.76 Å². The molecule has 2 heterocycles. The van der Waals surface area contributed by atoms with E-state index in [1.807, 2.05) is 0 Å². The minimum absolute atomic E-state index is 0.0248. The highest BCUT2D eigenvalue weighted by Gasteiger charge is 2.40. The van der Waals surface area contributed by atoms with Crippen LogP contribution in [-0.4, -0.2) is 25.7 Å². The number of aromatic amines is 1. The van der Waals surface area contributed by atoms with Gasteiger partial charge in [-0.3, -0.25) is 4.79 Å². The van der Waals surface area contributed by atoms with Gasteiger partial charge in [-0.15, -0.1) is 10.2 Å². The second kappa shape index (κ2) is 6.37. The molecule has 2 aromatic carbocycles. The lowest BCUT2D eigenvalue weighted by Crippen LogP contribution is -2.15. The SMILES string of the molecule is O=c1c(Oc2ccc(-c3nn[nH]n3)cc2)c(C(F)(F)F)oc2cc(O)ccc12. The van der Waals surface area contributed by atoms with Gasteiger partial charge in [0, 0.05) is 11.6 Å². The Kier molecular flexibility index (Phi) is 3.99. The van der Waals surface area contributed by atoms with E-state index < -0.39 is 28.7 Å². The molecule has 2 aromatic heterocycles. The minimum Gasteiger partial charge on any atom is -0.508 e. The highest BCUT2D eigenvalue weighted by Crippen LogP contribution is 2.38. The average Bonchev–Trinajstić information content (AvgIpc) is 3.18. The van der Waals surface area contributed by atoms with Gasteiger partial charge < -0.3 is 14.3 Å². The monoisotopic (exact) mass is 390 g/mol. The Labute approximate surface area is 153 Å². The molecule has 0 saturated heterocycles. The maximum Gasteiger partial charge on any atom is 0.453 e. The fourth-order valence-electron chi connectivity index (χ4n) is 2.52.